The zero-order valence-electron chi connectivity index (χ0n) is 11.8. The Bertz CT molecular complexity index is 575. The molecule has 0 bridgehead atoms. The number of rotatable bonds is 2. The molecule has 0 spiro atoms. The second kappa shape index (κ2) is 4.57. The molecule has 0 aromatic heterocycles. The maximum Gasteiger partial charge on any atom is 0.177 e. The summed E-state index contributed by atoms with van der Waals surface area (Å²) < 4.78 is 6.27. The lowest BCUT2D eigenvalue weighted by Crippen LogP contribution is -2.35. The number of Topliss-reactive ketones (excluding diaryl/α,β-unsaturated/α-hetero) is 1. The van der Waals surface area contributed by atoms with Crippen LogP contribution >= 0.6 is 0 Å². The van der Waals surface area contributed by atoms with E-state index in [0.717, 1.165) is 11.1 Å². The maximum atomic E-state index is 12.8. The van der Waals surface area contributed by atoms with Gasteiger partial charge in [-0.05, 0) is 25.0 Å². The van der Waals surface area contributed by atoms with Crippen molar-refractivity contribution in [3.63, 3.8) is 0 Å². The summed E-state index contributed by atoms with van der Waals surface area (Å²) in [5, 5.41) is 0. The summed E-state index contributed by atoms with van der Waals surface area (Å²) in [7, 11) is 0. The highest BCUT2D eigenvalue weighted by Gasteiger charge is 2.53. The van der Waals surface area contributed by atoms with Gasteiger partial charge in [0.1, 0.15) is 0 Å². The fourth-order valence-corrected chi connectivity index (χ4v) is 2.97. The maximum absolute atomic E-state index is 12.8. The molecule has 0 radical (unpaired) electrons. The van der Waals surface area contributed by atoms with E-state index in [1.54, 1.807) is 0 Å². The predicted octanol–water partition coefficient (Wildman–Crippen LogP) is 3.70. The molecule has 2 aromatic carbocycles. The Labute approximate surface area is 119 Å². The minimum Gasteiger partial charge on any atom is -0.351 e. The third-order valence-corrected chi connectivity index (χ3v) is 3.77. The van der Waals surface area contributed by atoms with Crippen molar-refractivity contribution in [3.8, 4) is 0 Å². The van der Waals surface area contributed by atoms with E-state index in [-0.39, 0.29) is 5.78 Å². The highest BCUT2D eigenvalue weighted by molar-refractivity contribution is 5.94. The van der Waals surface area contributed by atoms with Crippen LogP contribution in [0.4, 0.5) is 0 Å². The fraction of sp³-hybridized carbons (Fsp3) is 0.278. The molecular weight excluding hydrogens is 248 g/mol. The normalized spacial score (nSPS) is 20.0. The molecule has 2 heteroatoms. The van der Waals surface area contributed by atoms with Gasteiger partial charge in [0, 0.05) is 6.42 Å². The van der Waals surface area contributed by atoms with Crippen molar-refractivity contribution in [2.24, 2.45) is 0 Å². The van der Waals surface area contributed by atoms with Gasteiger partial charge in [-0.2, -0.15) is 0 Å². The number of carbonyl (C=O) groups excluding carboxylic acids is 1. The molecule has 0 atom stereocenters. The molecule has 0 amide bonds. The number of carbonyl (C=O) groups is 1. The molecule has 102 valence electrons. The third kappa shape index (κ3) is 1.97. The number of ether oxygens (including phenoxy) is 1. The minimum atomic E-state index is -0.966. The topological polar surface area (TPSA) is 26.3 Å². The monoisotopic (exact) mass is 266 g/mol. The SMILES string of the molecule is CC1(C)CC(=O)C(c2ccccc2)(c2ccccc2)O1. The summed E-state index contributed by atoms with van der Waals surface area (Å²) in [6.45, 7) is 3.94. The van der Waals surface area contributed by atoms with Crippen LogP contribution in [0, 0.1) is 0 Å². The van der Waals surface area contributed by atoms with Crippen LogP contribution in [0.3, 0.4) is 0 Å². The van der Waals surface area contributed by atoms with Crippen molar-refractivity contribution >= 4 is 5.78 Å². The lowest BCUT2D eigenvalue weighted by molar-refractivity contribution is -0.132. The zero-order chi connectivity index (χ0) is 14.2. The average molecular weight is 266 g/mol. The fourth-order valence-electron chi connectivity index (χ4n) is 2.97. The van der Waals surface area contributed by atoms with E-state index in [4.69, 9.17) is 4.74 Å². The van der Waals surface area contributed by atoms with Gasteiger partial charge in [0.15, 0.2) is 11.4 Å². The molecular formula is C18H18O2. The molecule has 1 fully saturated rings. The summed E-state index contributed by atoms with van der Waals surface area (Å²) in [5.74, 6) is 0.125. The first-order valence-corrected chi connectivity index (χ1v) is 6.89. The van der Waals surface area contributed by atoms with Crippen LogP contribution in [0.25, 0.3) is 0 Å². The van der Waals surface area contributed by atoms with E-state index in [9.17, 15) is 4.79 Å². The highest BCUT2D eigenvalue weighted by Crippen LogP contribution is 2.46. The van der Waals surface area contributed by atoms with Gasteiger partial charge >= 0.3 is 0 Å². The quantitative estimate of drug-likeness (QED) is 0.828. The molecule has 0 aliphatic carbocycles. The molecule has 1 aliphatic rings. The third-order valence-electron chi connectivity index (χ3n) is 3.77. The first-order valence-electron chi connectivity index (χ1n) is 6.89. The van der Waals surface area contributed by atoms with Crippen molar-refractivity contribution in [3.05, 3.63) is 71.8 Å². The second-order valence-corrected chi connectivity index (χ2v) is 5.87. The molecule has 1 aliphatic heterocycles. The molecule has 3 rings (SSSR count). The highest BCUT2D eigenvalue weighted by atomic mass is 16.5. The Balaban J connectivity index is 2.22. The van der Waals surface area contributed by atoms with Crippen LogP contribution in [-0.2, 0) is 15.1 Å². The number of hydrogen-bond acceptors (Lipinski definition) is 2. The number of benzene rings is 2. The Morgan fingerprint density at radius 2 is 1.30 bits per heavy atom. The first kappa shape index (κ1) is 13.1. The molecule has 2 aromatic rings. The summed E-state index contributed by atoms with van der Waals surface area (Å²) in [5.41, 5.74) is 0.401. The van der Waals surface area contributed by atoms with Crippen LogP contribution in [0.15, 0.2) is 60.7 Å². The Hall–Kier alpha value is -1.93. The Morgan fingerprint density at radius 3 is 1.65 bits per heavy atom. The summed E-state index contributed by atoms with van der Waals surface area (Å²) in [6, 6.07) is 19.5. The predicted molar refractivity (Wildman–Crippen MR) is 78.5 cm³/mol. The van der Waals surface area contributed by atoms with Crippen LogP contribution < -0.4 is 0 Å². The molecule has 1 saturated heterocycles. The van der Waals surface area contributed by atoms with Crippen LogP contribution in [0.2, 0.25) is 0 Å². The smallest absolute Gasteiger partial charge is 0.177 e. The lowest BCUT2D eigenvalue weighted by atomic mass is 9.82. The molecule has 1 heterocycles. The van der Waals surface area contributed by atoms with Crippen molar-refractivity contribution in [2.45, 2.75) is 31.5 Å². The summed E-state index contributed by atoms with van der Waals surface area (Å²) >= 11 is 0. The second-order valence-electron chi connectivity index (χ2n) is 5.87. The van der Waals surface area contributed by atoms with Gasteiger partial charge in [-0.3, -0.25) is 4.79 Å². The van der Waals surface area contributed by atoms with Gasteiger partial charge in [0.2, 0.25) is 0 Å². The standard InChI is InChI=1S/C18H18O2/c1-17(2)13-16(19)18(20-17,14-9-5-3-6-10-14)15-11-7-4-8-12-15/h3-12H,13H2,1-2H3. The van der Waals surface area contributed by atoms with Gasteiger partial charge in [0.05, 0.1) is 5.60 Å². The molecule has 20 heavy (non-hydrogen) atoms. The van der Waals surface area contributed by atoms with Gasteiger partial charge in [-0.25, -0.2) is 0 Å². The van der Waals surface area contributed by atoms with Crippen LogP contribution in [-0.4, -0.2) is 11.4 Å². The first-order chi connectivity index (χ1) is 9.55. The van der Waals surface area contributed by atoms with Gasteiger partial charge < -0.3 is 4.74 Å². The molecule has 0 N–H and O–H groups in total. The number of ketones is 1. The molecule has 0 saturated carbocycles. The van der Waals surface area contributed by atoms with E-state index < -0.39 is 11.2 Å². The van der Waals surface area contributed by atoms with Crippen molar-refractivity contribution in [2.75, 3.05) is 0 Å². The zero-order valence-corrected chi connectivity index (χ0v) is 11.8. The van der Waals surface area contributed by atoms with Gasteiger partial charge in [0.25, 0.3) is 0 Å². The van der Waals surface area contributed by atoms with Crippen molar-refractivity contribution < 1.29 is 9.53 Å². The van der Waals surface area contributed by atoms with Crippen LogP contribution in [0.5, 0.6) is 0 Å². The largest absolute Gasteiger partial charge is 0.351 e. The van der Waals surface area contributed by atoms with E-state index in [1.165, 1.54) is 0 Å². The van der Waals surface area contributed by atoms with Gasteiger partial charge in [-0.1, -0.05) is 60.7 Å². The summed E-state index contributed by atoms with van der Waals surface area (Å²) in [4.78, 5) is 12.8. The van der Waals surface area contributed by atoms with Crippen molar-refractivity contribution in [1.82, 2.24) is 0 Å². The Morgan fingerprint density at radius 1 is 0.850 bits per heavy atom. The van der Waals surface area contributed by atoms with E-state index in [1.807, 2.05) is 74.5 Å². The van der Waals surface area contributed by atoms with E-state index >= 15 is 0 Å². The van der Waals surface area contributed by atoms with Crippen LogP contribution in [0.1, 0.15) is 31.4 Å². The lowest BCUT2D eigenvalue weighted by Gasteiger charge is -2.31. The van der Waals surface area contributed by atoms with Crippen molar-refractivity contribution in [1.29, 1.82) is 0 Å². The average Bonchev–Trinajstić information content (AvgIpc) is 2.71. The number of hydrogen-bond donors (Lipinski definition) is 0. The molecule has 2 nitrogen and oxygen atoms in total. The minimum absolute atomic E-state index is 0.125. The molecule has 0 unspecified atom stereocenters. The van der Waals surface area contributed by atoms with E-state index in [2.05, 4.69) is 0 Å². The van der Waals surface area contributed by atoms with E-state index in [0.29, 0.717) is 6.42 Å². The Kier molecular flexibility index (Phi) is 2.98. The summed E-state index contributed by atoms with van der Waals surface area (Å²) in [6.07, 6.45) is 0.427. The van der Waals surface area contributed by atoms with Gasteiger partial charge in [-0.15, -0.1) is 0 Å².